The second-order valence-corrected chi connectivity index (χ2v) is 6.62. The number of nitrogens with zero attached hydrogens (tertiary/aromatic N) is 1. The molecule has 2 aromatic rings. The van der Waals surface area contributed by atoms with E-state index in [0.29, 0.717) is 21.5 Å². The highest BCUT2D eigenvalue weighted by Crippen LogP contribution is 2.29. The van der Waals surface area contributed by atoms with E-state index in [1.165, 1.54) is 18.0 Å². The van der Waals surface area contributed by atoms with Gasteiger partial charge in [0.2, 0.25) is 0 Å². The third-order valence-electron chi connectivity index (χ3n) is 3.82. The minimum atomic E-state index is -1.08. The Labute approximate surface area is 163 Å². The van der Waals surface area contributed by atoms with Gasteiger partial charge in [0.1, 0.15) is 11.3 Å². The van der Waals surface area contributed by atoms with Crippen LogP contribution in [0, 0.1) is 0 Å². The number of carboxylic acid groups (broad SMARTS) is 1. The molecule has 0 spiro atoms. The Kier molecular flexibility index (Phi) is 5.27. The first-order valence-electron chi connectivity index (χ1n) is 7.98. The molecule has 1 saturated heterocycles. The van der Waals surface area contributed by atoms with Gasteiger partial charge in [0, 0.05) is 0 Å². The van der Waals surface area contributed by atoms with Crippen LogP contribution in [0.3, 0.4) is 0 Å². The van der Waals surface area contributed by atoms with Crippen LogP contribution in [0.5, 0.6) is 5.75 Å². The summed E-state index contributed by atoms with van der Waals surface area (Å²) >= 11 is 3.31. The lowest BCUT2D eigenvalue weighted by molar-refractivity contribution is -0.144. The van der Waals surface area contributed by atoms with Crippen LogP contribution in [0.2, 0.25) is 0 Å². The van der Waals surface area contributed by atoms with E-state index in [9.17, 15) is 14.4 Å². The number of nitrogens with one attached hydrogen (secondary N) is 1. The van der Waals surface area contributed by atoms with E-state index in [1.807, 2.05) is 6.07 Å². The second kappa shape index (κ2) is 7.63. The molecule has 1 heterocycles. The molecule has 2 aromatic carbocycles. The lowest BCUT2D eigenvalue weighted by Crippen LogP contribution is -2.35. The van der Waals surface area contributed by atoms with Crippen LogP contribution in [0.4, 0.5) is 5.69 Å². The van der Waals surface area contributed by atoms with E-state index in [-0.39, 0.29) is 5.57 Å². The molecule has 138 valence electrons. The van der Waals surface area contributed by atoms with Crippen molar-refractivity contribution in [2.45, 2.75) is 13.0 Å². The largest absolute Gasteiger partial charge is 0.479 e. The monoisotopic (exact) mass is 430 g/mol. The molecule has 0 aliphatic carbocycles. The third-order valence-corrected chi connectivity index (χ3v) is 4.44. The van der Waals surface area contributed by atoms with Crippen LogP contribution < -0.4 is 15.2 Å². The van der Waals surface area contributed by atoms with Crippen LogP contribution in [-0.4, -0.2) is 29.0 Å². The predicted octanol–water partition coefficient (Wildman–Crippen LogP) is 2.76. The molecule has 2 N–H and O–H groups in total. The number of carbonyl (C=O) groups excluding carboxylic acids is 2. The first-order chi connectivity index (χ1) is 12.9. The van der Waals surface area contributed by atoms with Crippen LogP contribution in [-0.2, 0) is 14.4 Å². The Morgan fingerprint density at radius 3 is 2.56 bits per heavy atom. The van der Waals surface area contributed by atoms with Crippen LogP contribution in [0.15, 0.2) is 58.6 Å². The average molecular weight is 431 g/mol. The summed E-state index contributed by atoms with van der Waals surface area (Å²) in [5.74, 6) is -1.69. The fraction of sp³-hybridized carbons (Fsp3) is 0.105. The van der Waals surface area contributed by atoms with Crippen molar-refractivity contribution in [2.75, 3.05) is 5.01 Å². The topological polar surface area (TPSA) is 95.9 Å². The van der Waals surface area contributed by atoms with E-state index < -0.39 is 23.9 Å². The number of rotatable bonds is 5. The first-order valence-corrected chi connectivity index (χ1v) is 8.77. The summed E-state index contributed by atoms with van der Waals surface area (Å²) in [5.41, 5.74) is 3.68. The Morgan fingerprint density at radius 2 is 1.93 bits per heavy atom. The van der Waals surface area contributed by atoms with Crippen molar-refractivity contribution in [2.24, 2.45) is 0 Å². The summed E-state index contributed by atoms with van der Waals surface area (Å²) in [6, 6.07) is 13.6. The number of ether oxygens (including phenoxy) is 1. The van der Waals surface area contributed by atoms with Crippen molar-refractivity contribution < 1.29 is 24.2 Å². The van der Waals surface area contributed by atoms with Gasteiger partial charge in [-0.1, -0.05) is 24.3 Å². The lowest BCUT2D eigenvalue weighted by Gasteiger charge is -2.14. The molecule has 0 bridgehead atoms. The van der Waals surface area contributed by atoms with Crippen molar-refractivity contribution >= 4 is 45.5 Å². The number of para-hydroxylation sites is 1. The van der Waals surface area contributed by atoms with Crippen LogP contribution >= 0.6 is 15.9 Å². The summed E-state index contributed by atoms with van der Waals surface area (Å²) in [4.78, 5) is 35.7. The lowest BCUT2D eigenvalue weighted by atomic mass is 10.1. The Morgan fingerprint density at radius 1 is 1.22 bits per heavy atom. The van der Waals surface area contributed by atoms with Crippen molar-refractivity contribution in [3.05, 3.63) is 64.1 Å². The minimum absolute atomic E-state index is 0.00155. The Bertz CT molecular complexity index is 942. The number of hydrogen-bond acceptors (Lipinski definition) is 4. The minimum Gasteiger partial charge on any atom is -0.479 e. The fourth-order valence-electron chi connectivity index (χ4n) is 2.43. The van der Waals surface area contributed by atoms with E-state index in [0.717, 1.165) is 0 Å². The SMILES string of the molecule is C[C@@H](Oc1ccc(/C=C2/C(=O)NN(c3ccccc3)C2=O)cc1Br)C(=O)O. The summed E-state index contributed by atoms with van der Waals surface area (Å²) in [7, 11) is 0. The molecule has 1 aliphatic heterocycles. The number of aliphatic carboxylic acids is 1. The molecule has 3 rings (SSSR count). The maximum atomic E-state index is 12.6. The highest BCUT2D eigenvalue weighted by molar-refractivity contribution is 9.10. The molecule has 0 aromatic heterocycles. The molecule has 7 nitrogen and oxygen atoms in total. The van der Waals surface area contributed by atoms with Crippen molar-refractivity contribution in [3.63, 3.8) is 0 Å². The van der Waals surface area contributed by atoms with Gasteiger partial charge in [0.15, 0.2) is 6.10 Å². The number of amides is 2. The number of benzene rings is 2. The van der Waals surface area contributed by atoms with Gasteiger partial charge in [0.25, 0.3) is 11.8 Å². The number of halogens is 1. The third kappa shape index (κ3) is 4.01. The molecular weight excluding hydrogens is 416 g/mol. The molecule has 0 unspecified atom stereocenters. The molecule has 1 atom stereocenters. The maximum Gasteiger partial charge on any atom is 0.344 e. The summed E-state index contributed by atoms with van der Waals surface area (Å²) in [6.45, 7) is 1.42. The zero-order valence-corrected chi connectivity index (χ0v) is 15.8. The van der Waals surface area contributed by atoms with Gasteiger partial charge < -0.3 is 9.84 Å². The zero-order chi connectivity index (χ0) is 19.6. The van der Waals surface area contributed by atoms with E-state index >= 15 is 0 Å². The Hall–Kier alpha value is -3.13. The average Bonchev–Trinajstić information content (AvgIpc) is 2.92. The van der Waals surface area contributed by atoms with Crippen molar-refractivity contribution in [1.82, 2.24) is 5.43 Å². The van der Waals surface area contributed by atoms with Gasteiger partial charge in [0.05, 0.1) is 10.2 Å². The highest BCUT2D eigenvalue weighted by atomic mass is 79.9. The van der Waals surface area contributed by atoms with Crippen molar-refractivity contribution in [3.8, 4) is 5.75 Å². The standard InChI is InChI=1S/C19H15BrN2O5/c1-11(19(25)26)27-16-8-7-12(10-15(16)20)9-14-17(23)21-22(18(14)24)13-5-3-2-4-6-13/h2-11H,1H3,(H,21,23)(H,25,26)/b14-9-/t11-/m1/s1. The predicted molar refractivity (Wildman–Crippen MR) is 102 cm³/mol. The van der Waals surface area contributed by atoms with Crippen molar-refractivity contribution in [1.29, 1.82) is 0 Å². The van der Waals surface area contributed by atoms with Gasteiger partial charge in [-0.3, -0.25) is 15.0 Å². The van der Waals surface area contributed by atoms with Gasteiger partial charge in [-0.15, -0.1) is 0 Å². The highest BCUT2D eigenvalue weighted by Gasteiger charge is 2.34. The number of carbonyl (C=O) groups is 3. The molecule has 1 aliphatic rings. The molecule has 0 radical (unpaired) electrons. The van der Waals surface area contributed by atoms with E-state index in [4.69, 9.17) is 9.84 Å². The van der Waals surface area contributed by atoms with E-state index in [1.54, 1.807) is 42.5 Å². The van der Waals surface area contributed by atoms with Gasteiger partial charge in [-0.25, -0.2) is 9.80 Å². The number of hydrazine groups is 1. The molecule has 27 heavy (non-hydrogen) atoms. The van der Waals surface area contributed by atoms with Crippen LogP contribution in [0.25, 0.3) is 6.08 Å². The van der Waals surface area contributed by atoms with Gasteiger partial charge in [-0.05, 0) is 58.8 Å². The van der Waals surface area contributed by atoms with Gasteiger partial charge >= 0.3 is 5.97 Å². The summed E-state index contributed by atoms with van der Waals surface area (Å²) < 4.78 is 5.84. The normalized spacial score (nSPS) is 16.4. The zero-order valence-electron chi connectivity index (χ0n) is 14.2. The van der Waals surface area contributed by atoms with E-state index in [2.05, 4.69) is 21.4 Å². The van der Waals surface area contributed by atoms with Crippen LogP contribution in [0.1, 0.15) is 12.5 Å². The second-order valence-electron chi connectivity index (χ2n) is 5.76. The Balaban J connectivity index is 1.84. The molecule has 1 fully saturated rings. The summed E-state index contributed by atoms with van der Waals surface area (Å²) in [6.07, 6.45) is 0.461. The molecule has 2 amide bonds. The van der Waals surface area contributed by atoms with Gasteiger partial charge in [-0.2, -0.15) is 0 Å². The summed E-state index contributed by atoms with van der Waals surface area (Å²) in [5, 5.41) is 10.1. The number of anilines is 1. The smallest absolute Gasteiger partial charge is 0.344 e. The number of hydrogen-bond donors (Lipinski definition) is 2. The molecule has 8 heteroatoms. The number of carboxylic acids is 1. The first kappa shape index (κ1) is 18.7. The molecule has 0 saturated carbocycles. The quantitative estimate of drug-likeness (QED) is 0.561. The molecular formula is C19H15BrN2O5. The fourth-order valence-corrected chi connectivity index (χ4v) is 2.92. The maximum absolute atomic E-state index is 12.6.